The van der Waals surface area contributed by atoms with Crippen LogP contribution in [0.4, 0.5) is 0 Å². The van der Waals surface area contributed by atoms with Gasteiger partial charge >= 0.3 is 20.4 Å². The second-order valence-corrected chi connectivity index (χ2v) is 14.7. The summed E-state index contributed by atoms with van der Waals surface area (Å²) in [6.45, 7) is 18.5. The Balaban J connectivity index is 0.000000474. The summed E-state index contributed by atoms with van der Waals surface area (Å²) < 4.78 is 5.96. The second-order valence-electron chi connectivity index (χ2n) is 10.2. The Labute approximate surface area is 215 Å². The first-order valence-corrected chi connectivity index (χ1v) is 13.7. The first-order valence-electron chi connectivity index (χ1n) is 12.0. The Kier molecular flexibility index (Phi) is 15.7. The molecule has 5 atom stereocenters. The van der Waals surface area contributed by atoms with Gasteiger partial charge in [-0.25, -0.2) is 0 Å². The maximum absolute atomic E-state index is 5.96. The van der Waals surface area contributed by atoms with Crippen molar-refractivity contribution in [2.24, 2.45) is 23.7 Å². The van der Waals surface area contributed by atoms with Crippen molar-refractivity contribution >= 4 is 7.92 Å². The zero-order valence-electron chi connectivity index (χ0n) is 20.8. The molecule has 186 valence electrons. The van der Waals surface area contributed by atoms with Gasteiger partial charge in [0.25, 0.3) is 0 Å². The molecule has 32 heavy (non-hydrogen) atoms. The van der Waals surface area contributed by atoms with Crippen molar-refractivity contribution < 1.29 is 25.2 Å². The number of hydrogen-bond acceptors (Lipinski definition) is 2. The molecule has 2 nitrogen and oxygen atoms in total. The number of pyridine rings is 1. The predicted molar refractivity (Wildman–Crippen MR) is 140 cm³/mol. The predicted octanol–water partition coefficient (Wildman–Crippen LogP) is 7.77. The molecule has 0 spiro atoms. The Morgan fingerprint density at radius 3 is 1.84 bits per heavy atom. The fourth-order valence-corrected chi connectivity index (χ4v) is 9.86. The molecule has 0 N–H and O–H groups in total. The van der Waals surface area contributed by atoms with Gasteiger partial charge in [-0.1, -0.05) is 38.4 Å². The van der Waals surface area contributed by atoms with Crippen LogP contribution in [-0.4, -0.2) is 34.2 Å². The van der Waals surface area contributed by atoms with Gasteiger partial charge in [-0.15, -0.1) is 0 Å². The Hall–Kier alpha value is -0.0577. The van der Waals surface area contributed by atoms with Crippen LogP contribution in [-0.2, 0) is 25.2 Å². The fourth-order valence-electron chi connectivity index (χ4n) is 5.86. The Bertz CT molecular complexity index is 573. The molecule has 1 aromatic heterocycles. The monoisotopic (exact) mass is 552 g/mol. The van der Waals surface area contributed by atoms with Crippen molar-refractivity contribution in [3.05, 3.63) is 49.2 Å². The van der Waals surface area contributed by atoms with E-state index in [0.717, 1.165) is 40.6 Å². The molecule has 0 saturated heterocycles. The first kappa shape index (κ1) is 31.9. The largest absolute Gasteiger partial charge is 2.00 e. The third kappa shape index (κ3) is 9.30. The van der Waals surface area contributed by atoms with E-state index in [9.17, 15) is 0 Å². The van der Waals surface area contributed by atoms with E-state index in [0.29, 0.717) is 12.2 Å². The molecule has 0 aromatic carbocycles. The Morgan fingerprint density at radius 2 is 1.47 bits per heavy atom. The van der Waals surface area contributed by atoms with Gasteiger partial charge in [-0.3, -0.25) is 17.5 Å². The summed E-state index contributed by atoms with van der Waals surface area (Å²) in [5.41, 5.74) is 2.81. The van der Waals surface area contributed by atoms with Gasteiger partial charge in [-0.2, -0.15) is 11.8 Å². The first-order chi connectivity index (χ1) is 14.2. The van der Waals surface area contributed by atoms with E-state index in [1.807, 2.05) is 18.2 Å². The molecular weight excluding hydrogens is 504 g/mol. The minimum absolute atomic E-state index is 0. The molecule has 0 radical (unpaired) electrons. The van der Waals surface area contributed by atoms with Crippen molar-refractivity contribution in [1.29, 1.82) is 0 Å². The molecule has 1 aromatic rings. The summed E-state index contributed by atoms with van der Waals surface area (Å²) in [4.78, 5) is 3.78. The number of ether oxygens (including phenoxy) is 1. The fraction of sp³-hybridized carbons (Fsp3) is 0.714. The molecule has 3 aliphatic carbocycles. The van der Waals surface area contributed by atoms with E-state index < -0.39 is 0 Å². The van der Waals surface area contributed by atoms with Crippen LogP contribution in [0.3, 0.4) is 0 Å². The van der Waals surface area contributed by atoms with Gasteiger partial charge in [-0.05, 0) is 73.4 Å². The van der Waals surface area contributed by atoms with E-state index in [1.54, 1.807) is 12.4 Å². The smallest absolute Gasteiger partial charge is 0.499 e. The molecule has 2 fully saturated rings. The molecule has 0 aliphatic heterocycles. The maximum Gasteiger partial charge on any atom is 2.00 e. The van der Waals surface area contributed by atoms with Gasteiger partial charge < -0.3 is 10.8 Å². The van der Waals surface area contributed by atoms with Crippen molar-refractivity contribution in [3.63, 3.8) is 0 Å². The average molecular weight is 553 g/mol. The van der Waals surface area contributed by atoms with Gasteiger partial charge in [0.1, 0.15) is 0 Å². The topological polar surface area (TPSA) is 22.1 Å². The number of nitrogens with zero attached hydrogens (tertiary/aromatic N) is 1. The van der Waals surface area contributed by atoms with Gasteiger partial charge in [0.15, 0.2) is 0 Å². The normalized spacial score (nSPS) is 27.0. The van der Waals surface area contributed by atoms with Gasteiger partial charge in [0.2, 0.25) is 0 Å². The SMILES string of the molecule is C.CC(C)OC1[CH-]C2CC1C1CC=[C-]C21.CC(C)[PH+](C(C)C)C(C)C.[Pd+2].c1ccncc1. The average Bonchev–Trinajstić information content (AvgIpc) is 3.36. The molecule has 4 rings (SSSR count). The van der Waals surface area contributed by atoms with Crippen LogP contribution in [0.15, 0.2) is 36.7 Å². The number of fused-ring (bicyclic) bond motifs is 5. The standard InChI is InChI=1S/C13H18O.C9H21P.C5H5N.CH4.Pd/c1-8(2)14-13-7-9-6-12(13)11-5-3-4-10(9)11;1-7(2)10(8(3)4)9(5)6;1-2-4-6-5-3-1;;/h3,7-13H,5-6H2,1-2H3;7-9H,1-6H3;1-5H;1H4;/q-2;;;;+2/p+1. The zero-order valence-corrected chi connectivity index (χ0v) is 23.4. The van der Waals surface area contributed by atoms with E-state index in [4.69, 9.17) is 4.74 Å². The number of hydrogen-bond donors (Lipinski definition) is 0. The molecule has 2 bridgehead atoms. The van der Waals surface area contributed by atoms with Crippen molar-refractivity contribution in [3.8, 4) is 0 Å². The Morgan fingerprint density at radius 1 is 0.906 bits per heavy atom. The maximum atomic E-state index is 5.96. The van der Waals surface area contributed by atoms with Crippen LogP contribution in [0.5, 0.6) is 0 Å². The van der Waals surface area contributed by atoms with Crippen LogP contribution < -0.4 is 0 Å². The third-order valence-corrected chi connectivity index (χ3v) is 10.6. The second kappa shape index (κ2) is 15.8. The van der Waals surface area contributed by atoms with Crippen molar-refractivity contribution in [2.75, 3.05) is 0 Å². The summed E-state index contributed by atoms with van der Waals surface area (Å²) in [6, 6.07) is 5.72. The third-order valence-electron chi connectivity index (χ3n) is 6.57. The molecule has 4 heteroatoms. The van der Waals surface area contributed by atoms with Gasteiger partial charge in [0.05, 0.1) is 17.0 Å². The summed E-state index contributed by atoms with van der Waals surface area (Å²) in [5.74, 6) is 3.16. The summed E-state index contributed by atoms with van der Waals surface area (Å²) in [7, 11) is -0.0957. The van der Waals surface area contributed by atoms with Crippen molar-refractivity contribution in [2.45, 2.75) is 105 Å². The molecule has 3 aliphatic rings. The quantitative estimate of drug-likeness (QED) is 0.211. The van der Waals surface area contributed by atoms with E-state index in [2.05, 4.69) is 78.9 Å². The summed E-state index contributed by atoms with van der Waals surface area (Å²) in [6.07, 6.45) is 15.1. The van der Waals surface area contributed by atoms with E-state index in [1.165, 1.54) is 12.8 Å². The zero-order chi connectivity index (χ0) is 22.3. The van der Waals surface area contributed by atoms with Crippen LogP contribution in [0, 0.1) is 36.2 Å². The van der Waals surface area contributed by atoms with E-state index in [-0.39, 0.29) is 35.8 Å². The number of allylic oxidation sites excluding steroid dienone is 2. The van der Waals surface area contributed by atoms with E-state index >= 15 is 0 Å². The number of rotatable bonds is 5. The van der Waals surface area contributed by atoms with Crippen LogP contribution in [0.1, 0.15) is 75.7 Å². The number of aromatic nitrogens is 1. The molecule has 2 saturated carbocycles. The van der Waals surface area contributed by atoms with Crippen LogP contribution >= 0.6 is 7.92 Å². The minimum atomic E-state index is -0.0957. The molecular formula is C28H49NOPPd+. The van der Waals surface area contributed by atoms with Crippen molar-refractivity contribution in [1.82, 2.24) is 4.98 Å². The minimum Gasteiger partial charge on any atom is -0.499 e. The molecule has 1 heterocycles. The molecule has 0 amide bonds. The summed E-state index contributed by atoms with van der Waals surface area (Å²) >= 11 is 0. The van der Waals surface area contributed by atoms with Gasteiger partial charge in [0, 0.05) is 26.4 Å². The van der Waals surface area contributed by atoms with Crippen LogP contribution in [0.2, 0.25) is 0 Å². The molecule has 5 unspecified atom stereocenters. The summed E-state index contributed by atoms with van der Waals surface area (Å²) in [5, 5.41) is 0. The van der Waals surface area contributed by atoms with Crippen LogP contribution in [0.25, 0.3) is 0 Å².